The van der Waals surface area contributed by atoms with Gasteiger partial charge < -0.3 is 13.9 Å². The second-order valence-corrected chi connectivity index (χ2v) is 9.10. The summed E-state index contributed by atoms with van der Waals surface area (Å²) in [5.74, 6) is 0.860. The number of halogens is 2. The predicted molar refractivity (Wildman–Crippen MR) is 140 cm³/mol. The zero-order valence-corrected chi connectivity index (χ0v) is 20.8. The molecule has 0 radical (unpaired) electrons. The molecule has 37 heavy (non-hydrogen) atoms. The number of hydrogen-bond acceptors (Lipinski definition) is 6. The van der Waals surface area contributed by atoms with Crippen LogP contribution < -0.4 is 14.4 Å². The number of thioether (sulfide) groups is 1. The van der Waals surface area contributed by atoms with Crippen molar-refractivity contribution in [3.8, 4) is 11.5 Å². The molecule has 2 aromatic carbocycles. The van der Waals surface area contributed by atoms with Crippen LogP contribution in [0.2, 0.25) is 0 Å². The van der Waals surface area contributed by atoms with Crippen molar-refractivity contribution in [3.05, 3.63) is 95.6 Å². The summed E-state index contributed by atoms with van der Waals surface area (Å²) in [6.07, 6.45) is 5.58. The van der Waals surface area contributed by atoms with Gasteiger partial charge in [0.25, 0.3) is 5.91 Å². The highest BCUT2D eigenvalue weighted by Gasteiger charge is 2.32. The lowest BCUT2D eigenvalue weighted by atomic mass is 10.2. The summed E-state index contributed by atoms with van der Waals surface area (Å²) in [5.41, 5.74) is 4.30. The third-order valence-corrected chi connectivity index (χ3v) is 6.62. The van der Waals surface area contributed by atoms with Crippen molar-refractivity contribution in [2.75, 3.05) is 12.0 Å². The van der Waals surface area contributed by atoms with Crippen molar-refractivity contribution >= 4 is 40.2 Å². The number of carbonyl (C=O) groups excluding carboxylic acids is 1. The highest BCUT2D eigenvalue weighted by molar-refractivity contribution is 8.13. The zero-order chi connectivity index (χ0) is 25.9. The van der Waals surface area contributed by atoms with Gasteiger partial charge in [0.15, 0.2) is 5.17 Å². The molecule has 3 heterocycles. The lowest BCUT2D eigenvalue weighted by Gasteiger charge is -2.18. The molecule has 2 aromatic heterocycles. The van der Waals surface area contributed by atoms with Crippen molar-refractivity contribution in [3.63, 3.8) is 0 Å². The van der Waals surface area contributed by atoms with Crippen LogP contribution in [-0.2, 0) is 10.5 Å². The summed E-state index contributed by atoms with van der Waals surface area (Å²) in [7, 11) is 1.58. The summed E-state index contributed by atoms with van der Waals surface area (Å²) in [6, 6.07) is 17.1. The van der Waals surface area contributed by atoms with E-state index in [2.05, 4.69) is 9.73 Å². The number of amides is 1. The van der Waals surface area contributed by atoms with Gasteiger partial charge in [-0.3, -0.25) is 9.69 Å². The first kappa shape index (κ1) is 24.5. The number of ether oxygens (including phenoxy) is 2. The third kappa shape index (κ3) is 5.34. The van der Waals surface area contributed by atoms with Gasteiger partial charge in [-0.15, -0.1) is 0 Å². The van der Waals surface area contributed by atoms with Crippen LogP contribution >= 0.6 is 11.8 Å². The standard InChI is InChI=1S/C27H22F2N4O3S/c1-17-4-3-13-32-15-19(30-24(17)32)16-37-27-31-23(14-18-5-9-21(35-2)10-6-18)25(34)33(27)20-7-11-22(12-8-20)36-26(28)29/h3-15,26H,16H2,1-2H3/b23-14-. The van der Waals surface area contributed by atoms with Crippen LogP contribution in [0, 0.1) is 6.92 Å². The Hall–Kier alpha value is -4.18. The molecule has 0 aliphatic carbocycles. The van der Waals surface area contributed by atoms with E-state index in [0.29, 0.717) is 22.4 Å². The van der Waals surface area contributed by atoms with E-state index in [1.54, 1.807) is 37.5 Å². The topological polar surface area (TPSA) is 68.4 Å². The van der Waals surface area contributed by atoms with Crippen LogP contribution in [0.15, 0.2) is 83.7 Å². The van der Waals surface area contributed by atoms with Gasteiger partial charge in [0.2, 0.25) is 0 Å². The number of amidine groups is 1. The van der Waals surface area contributed by atoms with Gasteiger partial charge in [0.1, 0.15) is 22.8 Å². The second-order valence-electron chi connectivity index (χ2n) is 8.15. The maximum Gasteiger partial charge on any atom is 0.387 e. The van der Waals surface area contributed by atoms with Gasteiger partial charge in [-0.2, -0.15) is 8.78 Å². The molecule has 0 unspecified atom stereocenters. The van der Waals surface area contributed by atoms with Crippen LogP contribution in [0.3, 0.4) is 0 Å². The molecule has 0 spiro atoms. The number of aryl methyl sites for hydroxylation is 1. The molecule has 0 fully saturated rings. The average molecular weight is 521 g/mol. The molecule has 188 valence electrons. The van der Waals surface area contributed by atoms with Gasteiger partial charge in [0, 0.05) is 18.1 Å². The number of methoxy groups -OCH3 is 1. The number of rotatable bonds is 7. The highest BCUT2D eigenvalue weighted by atomic mass is 32.2. The van der Waals surface area contributed by atoms with E-state index in [1.165, 1.54) is 28.8 Å². The number of nitrogens with zero attached hydrogens (tertiary/aromatic N) is 4. The van der Waals surface area contributed by atoms with E-state index in [-0.39, 0.29) is 17.4 Å². The maximum absolute atomic E-state index is 13.4. The number of aliphatic imine (C=N–C) groups is 1. The summed E-state index contributed by atoms with van der Waals surface area (Å²) in [4.78, 5) is 24.2. The van der Waals surface area contributed by atoms with E-state index >= 15 is 0 Å². The van der Waals surface area contributed by atoms with Crippen molar-refractivity contribution in [2.24, 2.45) is 4.99 Å². The molecule has 10 heteroatoms. The number of carbonyl (C=O) groups is 1. The lowest BCUT2D eigenvalue weighted by molar-refractivity contribution is -0.113. The molecule has 0 bridgehead atoms. The van der Waals surface area contributed by atoms with E-state index in [9.17, 15) is 13.6 Å². The van der Waals surface area contributed by atoms with E-state index in [4.69, 9.17) is 9.72 Å². The number of benzene rings is 2. The quantitative estimate of drug-likeness (QED) is 0.283. The van der Waals surface area contributed by atoms with Crippen molar-refractivity contribution in [1.29, 1.82) is 0 Å². The Morgan fingerprint density at radius 2 is 1.78 bits per heavy atom. The van der Waals surface area contributed by atoms with Crippen molar-refractivity contribution in [2.45, 2.75) is 19.3 Å². The summed E-state index contributed by atoms with van der Waals surface area (Å²) in [6.45, 7) is -0.932. The number of hydrogen-bond donors (Lipinski definition) is 0. The Bertz CT molecular complexity index is 1500. The number of aromatic nitrogens is 2. The number of pyridine rings is 1. The molecule has 5 rings (SSSR count). The van der Waals surface area contributed by atoms with Crippen LogP contribution in [0.4, 0.5) is 14.5 Å². The summed E-state index contributed by atoms with van der Waals surface area (Å²) >= 11 is 1.37. The second kappa shape index (κ2) is 10.4. The number of anilines is 1. The fourth-order valence-corrected chi connectivity index (χ4v) is 4.76. The normalized spacial score (nSPS) is 14.6. The van der Waals surface area contributed by atoms with Crippen molar-refractivity contribution < 1.29 is 23.0 Å². The largest absolute Gasteiger partial charge is 0.497 e. The molecule has 4 aromatic rings. The van der Waals surface area contributed by atoms with Crippen LogP contribution in [0.25, 0.3) is 11.7 Å². The Morgan fingerprint density at radius 3 is 2.46 bits per heavy atom. The molecule has 0 saturated heterocycles. The molecule has 1 aliphatic rings. The Balaban J connectivity index is 1.44. The summed E-state index contributed by atoms with van der Waals surface area (Å²) in [5, 5.41) is 0.459. The van der Waals surface area contributed by atoms with Gasteiger partial charge in [-0.25, -0.2) is 9.98 Å². The molecule has 1 aliphatic heterocycles. The van der Waals surface area contributed by atoms with Crippen LogP contribution in [0.5, 0.6) is 11.5 Å². The molecule has 1 amide bonds. The SMILES string of the molecule is COc1ccc(/C=C2\N=C(SCc3cn4cccc(C)c4n3)N(c3ccc(OC(F)F)cc3)C2=O)cc1. The monoisotopic (exact) mass is 520 g/mol. The highest BCUT2D eigenvalue weighted by Crippen LogP contribution is 2.32. The Morgan fingerprint density at radius 1 is 1.05 bits per heavy atom. The number of fused-ring (bicyclic) bond motifs is 1. The number of alkyl halides is 2. The zero-order valence-electron chi connectivity index (χ0n) is 20.0. The van der Waals surface area contributed by atoms with Crippen LogP contribution in [-0.4, -0.2) is 34.2 Å². The molecule has 0 N–H and O–H groups in total. The first-order chi connectivity index (χ1) is 17.9. The Labute approximate surface area is 216 Å². The number of imidazole rings is 1. The first-order valence-electron chi connectivity index (χ1n) is 11.3. The molecular weight excluding hydrogens is 498 g/mol. The molecule has 7 nitrogen and oxygen atoms in total. The van der Waals surface area contributed by atoms with E-state index in [1.807, 2.05) is 48.0 Å². The van der Waals surface area contributed by atoms with Gasteiger partial charge >= 0.3 is 6.61 Å². The lowest BCUT2D eigenvalue weighted by Crippen LogP contribution is -2.30. The average Bonchev–Trinajstić information content (AvgIpc) is 3.45. The fourth-order valence-electron chi connectivity index (χ4n) is 3.87. The van der Waals surface area contributed by atoms with Gasteiger partial charge in [-0.1, -0.05) is 30.0 Å². The maximum atomic E-state index is 13.4. The fraction of sp³-hybridized carbons (Fsp3) is 0.148. The minimum absolute atomic E-state index is 0.00519. The molecule has 0 saturated carbocycles. The smallest absolute Gasteiger partial charge is 0.387 e. The Kier molecular flexibility index (Phi) is 6.91. The van der Waals surface area contributed by atoms with Crippen molar-refractivity contribution in [1.82, 2.24) is 9.38 Å². The summed E-state index contributed by atoms with van der Waals surface area (Å²) < 4.78 is 36.8. The van der Waals surface area contributed by atoms with Gasteiger partial charge in [0.05, 0.1) is 18.5 Å². The first-order valence-corrected chi connectivity index (χ1v) is 12.3. The molecular formula is C27H22F2N4O3S. The van der Waals surface area contributed by atoms with E-state index in [0.717, 1.165) is 22.5 Å². The minimum Gasteiger partial charge on any atom is -0.497 e. The predicted octanol–water partition coefficient (Wildman–Crippen LogP) is 5.93. The minimum atomic E-state index is -2.93. The van der Waals surface area contributed by atoms with Gasteiger partial charge in [-0.05, 0) is 66.6 Å². The molecule has 0 atom stereocenters. The van der Waals surface area contributed by atoms with E-state index < -0.39 is 6.61 Å². The third-order valence-electron chi connectivity index (χ3n) is 5.65. The van der Waals surface area contributed by atoms with Crippen LogP contribution in [0.1, 0.15) is 16.8 Å².